The maximum Gasteiger partial charge on any atom is 0.0971 e. The summed E-state index contributed by atoms with van der Waals surface area (Å²) in [5, 5.41) is 8.97. The van der Waals surface area contributed by atoms with Crippen molar-refractivity contribution in [3.63, 3.8) is 0 Å². The summed E-state index contributed by atoms with van der Waals surface area (Å²) >= 11 is 0. The van der Waals surface area contributed by atoms with E-state index < -0.39 is 0 Å². The molecule has 2 heterocycles. The lowest BCUT2D eigenvalue weighted by molar-refractivity contribution is -0.168. The highest BCUT2D eigenvalue weighted by molar-refractivity contribution is 5.03. The molecule has 3 heteroatoms. The van der Waals surface area contributed by atoms with Gasteiger partial charge in [-0.05, 0) is 38.5 Å². The van der Waals surface area contributed by atoms with E-state index in [0.717, 1.165) is 32.1 Å². The summed E-state index contributed by atoms with van der Waals surface area (Å²) in [5.41, 5.74) is 0.0288. The third-order valence-corrected chi connectivity index (χ3v) is 4.25. The van der Waals surface area contributed by atoms with Gasteiger partial charge in [-0.1, -0.05) is 0 Å². The second kappa shape index (κ2) is 3.72. The molecular weight excluding hydrogens is 192 g/mol. The Morgan fingerprint density at radius 1 is 1.27 bits per heavy atom. The first-order valence-corrected chi connectivity index (χ1v) is 6.26. The summed E-state index contributed by atoms with van der Waals surface area (Å²) in [6.45, 7) is 0.246. The molecule has 2 saturated heterocycles. The summed E-state index contributed by atoms with van der Waals surface area (Å²) in [7, 11) is 0. The Labute approximate surface area is 90.8 Å². The summed E-state index contributed by atoms with van der Waals surface area (Å²) in [5.74, 6) is 0. The van der Waals surface area contributed by atoms with Crippen LogP contribution in [0.2, 0.25) is 0 Å². The molecule has 3 rings (SSSR count). The lowest BCUT2D eigenvalue weighted by Gasteiger charge is -2.42. The van der Waals surface area contributed by atoms with Gasteiger partial charge in [0, 0.05) is 13.0 Å². The van der Waals surface area contributed by atoms with Gasteiger partial charge in [-0.25, -0.2) is 0 Å². The van der Waals surface area contributed by atoms with Crippen LogP contribution in [0.3, 0.4) is 0 Å². The molecule has 0 aromatic rings. The highest BCUT2D eigenvalue weighted by Gasteiger charge is 2.54. The summed E-state index contributed by atoms with van der Waals surface area (Å²) in [6, 6.07) is 0. The number of hydrogen-bond acceptors (Lipinski definition) is 3. The average molecular weight is 212 g/mol. The van der Waals surface area contributed by atoms with E-state index in [9.17, 15) is 0 Å². The van der Waals surface area contributed by atoms with E-state index in [1.807, 2.05) is 0 Å². The molecule has 3 fully saturated rings. The second-order valence-electron chi connectivity index (χ2n) is 5.24. The first kappa shape index (κ1) is 10.1. The average Bonchev–Trinajstić information content (AvgIpc) is 2.48. The maximum atomic E-state index is 8.97. The molecule has 2 bridgehead atoms. The molecule has 1 spiro atoms. The van der Waals surface area contributed by atoms with Gasteiger partial charge in [0.05, 0.1) is 23.9 Å². The predicted octanol–water partition coefficient (Wildman–Crippen LogP) is 1.63. The van der Waals surface area contributed by atoms with Crippen molar-refractivity contribution in [3.05, 3.63) is 0 Å². The van der Waals surface area contributed by atoms with Gasteiger partial charge in [-0.3, -0.25) is 0 Å². The first-order valence-electron chi connectivity index (χ1n) is 6.26. The fraction of sp³-hybridized carbons (Fsp3) is 1.00. The first-order chi connectivity index (χ1) is 7.32. The zero-order valence-electron chi connectivity index (χ0n) is 9.15. The minimum absolute atomic E-state index is 0.0288. The number of hydrogen-bond donors (Lipinski definition) is 1. The van der Waals surface area contributed by atoms with Gasteiger partial charge in [-0.2, -0.15) is 0 Å². The lowest BCUT2D eigenvalue weighted by Crippen LogP contribution is -2.49. The Kier molecular flexibility index (Phi) is 2.49. The van der Waals surface area contributed by atoms with Gasteiger partial charge >= 0.3 is 0 Å². The molecule has 3 nitrogen and oxygen atoms in total. The van der Waals surface area contributed by atoms with Crippen LogP contribution in [0.25, 0.3) is 0 Å². The van der Waals surface area contributed by atoms with E-state index >= 15 is 0 Å². The smallest absolute Gasteiger partial charge is 0.0971 e. The maximum absolute atomic E-state index is 8.97. The molecule has 1 saturated carbocycles. The lowest BCUT2D eigenvalue weighted by atomic mass is 9.78. The van der Waals surface area contributed by atoms with Crippen molar-refractivity contribution >= 4 is 0 Å². The SMILES string of the molecule is OCCC1CCC2OC3CCCC2(C3)O1. The topological polar surface area (TPSA) is 38.7 Å². The Balaban J connectivity index is 1.74. The molecule has 1 aliphatic carbocycles. The van der Waals surface area contributed by atoms with Crippen LogP contribution in [0.5, 0.6) is 0 Å². The molecule has 4 atom stereocenters. The van der Waals surface area contributed by atoms with Crippen LogP contribution in [-0.4, -0.2) is 35.6 Å². The third-order valence-electron chi connectivity index (χ3n) is 4.25. The minimum atomic E-state index is 0.0288. The summed E-state index contributed by atoms with van der Waals surface area (Å²) in [6.07, 6.45) is 8.76. The Bertz CT molecular complexity index is 243. The normalized spacial score (nSPS) is 49.0. The van der Waals surface area contributed by atoms with Gasteiger partial charge in [0.25, 0.3) is 0 Å². The monoisotopic (exact) mass is 212 g/mol. The molecule has 86 valence electrons. The van der Waals surface area contributed by atoms with Crippen LogP contribution in [-0.2, 0) is 9.47 Å². The third kappa shape index (κ3) is 1.61. The fourth-order valence-electron chi connectivity index (χ4n) is 3.57. The van der Waals surface area contributed by atoms with Crippen molar-refractivity contribution in [3.8, 4) is 0 Å². The van der Waals surface area contributed by atoms with Gasteiger partial charge in [0.2, 0.25) is 0 Å². The van der Waals surface area contributed by atoms with Crippen LogP contribution in [0.15, 0.2) is 0 Å². The highest BCUT2D eigenvalue weighted by Crippen LogP contribution is 2.49. The quantitative estimate of drug-likeness (QED) is 0.756. The van der Waals surface area contributed by atoms with E-state index in [2.05, 4.69) is 0 Å². The van der Waals surface area contributed by atoms with E-state index in [0.29, 0.717) is 12.2 Å². The van der Waals surface area contributed by atoms with Gasteiger partial charge in [0.15, 0.2) is 0 Å². The molecule has 3 aliphatic rings. The zero-order chi connectivity index (χ0) is 10.3. The van der Waals surface area contributed by atoms with E-state index in [1.54, 1.807) is 0 Å². The van der Waals surface area contributed by atoms with Crippen molar-refractivity contribution in [2.75, 3.05) is 6.61 Å². The van der Waals surface area contributed by atoms with Crippen LogP contribution in [0.4, 0.5) is 0 Å². The van der Waals surface area contributed by atoms with Crippen molar-refractivity contribution in [2.45, 2.75) is 68.9 Å². The van der Waals surface area contributed by atoms with Crippen molar-refractivity contribution in [1.29, 1.82) is 0 Å². The summed E-state index contributed by atoms with van der Waals surface area (Å²) in [4.78, 5) is 0. The number of ether oxygens (including phenoxy) is 2. The van der Waals surface area contributed by atoms with E-state index in [1.165, 1.54) is 12.8 Å². The number of aliphatic hydroxyl groups excluding tert-OH is 1. The van der Waals surface area contributed by atoms with Gasteiger partial charge < -0.3 is 14.6 Å². The van der Waals surface area contributed by atoms with Crippen LogP contribution < -0.4 is 0 Å². The van der Waals surface area contributed by atoms with E-state index in [-0.39, 0.29) is 18.3 Å². The second-order valence-corrected chi connectivity index (χ2v) is 5.24. The Morgan fingerprint density at radius 2 is 2.20 bits per heavy atom. The molecule has 2 aliphatic heterocycles. The molecule has 0 aromatic heterocycles. The number of aliphatic hydroxyl groups is 1. The molecule has 0 aromatic carbocycles. The van der Waals surface area contributed by atoms with Gasteiger partial charge in [0.1, 0.15) is 0 Å². The molecule has 0 radical (unpaired) electrons. The van der Waals surface area contributed by atoms with Crippen molar-refractivity contribution in [2.24, 2.45) is 0 Å². The van der Waals surface area contributed by atoms with Crippen molar-refractivity contribution in [1.82, 2.24) is 0 Å². The zero-order valence-corrected chi connectivity index (χ0v) is 9.15. The Morgan fingerprint density at radius 3 is 3.07 bits per heavy atom. The molecular formula is C12H20O3. The summed E-state index contributed by atoms with van der Waals surface area (Å²) < 4.78 is 12.2. The van der Waals surface area contributed by atoms with Gasteiger partial charge in [-0.15, -0.1) is 0 Å². The number of fused-ring (bicyclic) bond motifs is 1. The highest BCUT2D eigenvalue weighted by atomic mass is 16.6. The predicted molar refractivity (Wildman–Crippen MR) is 55.7 cm³/mol. The van der Waals surface area contributed by atoms with Crippen LogP contribution in [0.1, 0.15) is 44.9 Å². The minimum Gasteiger partial charge on any atom is -0.396 e. The molecule has 15 heavy (non-hydrogen) atoms. The van der Waals surface area contributed by atoms with E-state index in [4.69, 9.17) is 14.6 Å². The van der Waals surface area contributed by atoms with Crippen LogP contribution >= 0.6 is 0 Å². The number of rotatable bonds is 2. The standard InChI is InChI=1S/C12H20O3/c13-7-5-9-3-4-11-12(15-9)6-1-2-10(8-12)14-11/h9-11,13H,1-8H2. The molecule has 4 unspecified atom stereocenters. The molecule has 1 N–H and O–H groups in total. The van der Waals surface area contributed by atoms with Crippen molar-refractivity contribution < 1.29 is 14.6 Å². The largest absolute Gasteiger partial charge is 0.396 e. The fourth-order valence-corrected chi connectivity index (χ4v) is 3.57. The van der Waals surface area contributed by atoms with Crippen LogP contribution in [0, 0.1) is 0 Å². The molecule has 0 amide bonds. The Hall–Kier alpha value is -0.120.